The second kappa shape index (κ2) is 5.95. The van der Waals surface area contributed by atoms with E-state index in [-0.39, 0.29) is 11.7 Å². The third-order valence-electron chi connectivity index (χ3n) is 3.66. The molecule has 0 bridgehead atoms. The summed E-state index contributed by atoms with van der Waals surface area (Å²) in [6.07, 6.45) is 1.85. The summed E-state index contributed by atoms with van der Waals surface area (Å²) in [5, 5.41) is 5.89. The molecule has 21 heavy (non-hydrogen) atoms. The zero-order chi connectivity index (χ0) is 14.7. The first-order valence-electron chi connectivity index (χ1n) is 7.12. The first kappa shape index (κ1) is 13.6. The largest absolute Gasteiger partial charge is 0.382 e. The number of halogens is 1. The summed E-state index contributed by atoms with van der Waals surface area (Å²) >= 11 is 0. The Hall–Kier alpha value is -2.36. The van der Waals surface area contributed by atoms with Crippen molar-refractivity contribution >= 4 is 17.3 Å². The fourth-order valence-electron chi connectivity index (χ4n) is 2.52. The number of benzene rings is 2. The predicted molar refractivity (Wildman–Crippen MR) is 82.0 cm³/mol. The molecule has 108 valence electrons. The zero-order valence-corrected chi connectivity index (χ0v) is 11.7. The second-order valence-electron chi connectivity index (χ2n) is 5.20. The van der Waals surface area contributed by atoms with Gasteiger partial charge in [0, 0.05) is 18.7 Å². The van der Waals surface area contributed by atoms with Gasteiger partial charge in [0.15, 0.2) is 0 Å². The lowest BCUT2D eigenvalue weighted by molar-refractivity contribution is -0.116. The van der Waals surface area contributed by atoms with Crippen molar-refractivity contribution in [3.8, 4) is 0 Å². The van der Waals surface area contributed by atoms with Crippen LogP contribution in [0.3, 0.4) is 0 Å². The number of rotatable bonds is 4. The van der Waals surface area contributed by atoms with Crippen LogP contribution in [0.1, 0.15) is 17.5 Å². The summed E-state index contributed by atoms with van der Waals surface area (Å²) < 4.78 is 14.0. The molecule has 3 rings (SSSR count). The Morgan fingerprint density at radius 3 is 2.76 bits per heavy atom. The SMILES string of the molecule is O=C1CCc2cc(F)c(NCCc3ccccc3)cc2N1. The van der Waals surface area contributed by atoms with Crippen LogP contribution in [0.15, 0.2) is 42.5 Å². The van der Waals surface area contributed by atoms with Crippen LogP contribution in [0.2, 0.25) is 0 Å². The Morgan fingerprint density at radius 1 is 1.14 bits per heavy atom. The molecule has 2 aromatic carbocycles. The predicted octanol–water partition coefficient (Wildman–Crippen LogP) is 3.37. The molecule has 0 fully saturated rings. The molecule has 0 aromatic heterocycles. The van der Waals surface area contributed by atoms with Gasteiger partial charge in [0.25, 0.3) is 0 Å². The number of carbonyl (C=O) groups excluding carboxylic acids is 1. The van der Waals surface area contributed by atoms with Crippen LogP contribution in [0.4, 0.5) is 15.8 Å². The lowest BCUT2D eigenvalue weighted by Gasteiger charge is -2.18. The highest BCUT2D eigenvalue weighted by molar-refractivity contribution is 5.94. The van der Waals surface area contributed by atoms with Gasteiger partial charge in [-0.15, -0.1) is 0 Å². The minimum Gasteiger partial charge on any atom is -0.382 e. The number of anilines is 2. The minimum atomic E-state index is -0.266. The molecule has 0 unspecified atom stereocenters. The molecule has 0 aliphatic carbocycles. The standard InChI is InChI=1S/C17H17FN2O/c18-14-10-13-6-7-17(21)20-15(13)11-16(14)19-9-8-12-4-2-1-3-5-12/h1-5,10-11,19H,6-9H2,(H,20,21). The summed E-state index contributed by atoms with van der Waals surface area (Å²) in [6.45, 7) is 0.646. The van der Waals surface area contributed by atoms with Crippen LogP contribution in [0.25, 0.3) is 0 Å². The summed E-state index contributed by atoms with van der Waals surface area (Å²) in [6, 6.07) is 13.3. The third-order valence-corrected chi connectivity index (χ3v) is 3.66. The number of fused-ring (bicyclic) bond motifs is 1. The Morgan fingerprint density at radius 2 is 1.95 bits per heavy atom. The van der Waals surface area contributed by atoms with E-state index in [2.05, 4.69) is 10.6 Å². The molecule has 0 spiro atoms. The van der Waals surface area contributed by atoms with Gasteiger partial charge >= 0.3 is 0 Å². The first-order chi connectivity index (χ1) is 10.2. The number of hydrogen-bond acceptors (Lipinski definition) is 2. The fraction of sp³-hybridized carbons (Fsp3) is 0.235. The van der Waals surface area contributed by atoms with Crippen LogP contribution in [0.5, 0.6) is 0 Å². The van der Waals surface area contributed by atoms with E-state index in [9.17, 15) is 9.18 Å². The van der Waals surface area contributed by atoms with E-state index in [4.69, 9.17) is 0 Å². The van der Waals surface area contributed by atoms with Gasteiger partial charge in [0.2, 0.25) is 5.91 Å². The molecule has 1 amide bonds. The molecule has 0 radical (unpaired) electrons. The maximum Gasteiger partial charge on any atom is 0.224 e. The van der Waals surface area contributed by atoms with Crippen molar-refractivity contribution in [2.45, 2.75) is 19.3 Å². The van der Waals surface area contributed by atoms with Gasteiger partial charge in [-0.3, -0.25) is 4.79 Å². The van der Waals surface area contributed by atoms with Crippen molar-refractivity contribution in [3.05, 3.63) is 59.4 Å². The van der Waals surface area contributed by atoms with E-state index in [1.165, 1.54) is 11.6 Å². The van der Waals surface area contributed by atoms with Crippen LogP contribution in [0, 0.1) is 5.82 Å². The van der Waals surface area contributed by atoms with E-state index in [1.54, 1.807) is 6.07 Å². The molecule has 1 aliphatic rings. The molecule has 2 aromatic rings. The quantitative estimate of drug-likeness (QED) is 0.904. The van der Waals surface area contributed by atoms with E-state index >= 15 is 0 Å². The van der Waals surface area contributed by atoms with E-state index in [0.29, 0.717) is 25.1 Å². The van der Waals surface area contributed by atoms with Gasteiger partial charge < -0.3 is 10.6 Å². The highest BCUT2D eigenvalue weighted by atomic mass is 19.1. The van der Waals surface area contributed by atoms with Gasteiger partial charge in [-0.25, -0.2) is 4.39 Å². The minimum absolute atomic E-state index is 0.00987. The molecular formula is C17H17FN2O. The van der Waals surface area contributed by atoms with Crippen molar-refractivity contribution in [2.75, 3.05) is 17.2 Å². The smallest absolute Gasteiger partial charge is 0.224 e. The number of aryl methyl sites for hydroxylation is 1. The van der Waals surface area contributed by atoms with Gasteiger partial charge in [0.05, 0.1) is 5.69 Å². The topological polar surface area (TPSA) is 41.1 Å². The zero-order valence-electron chi connectivity index (χ0n) is 11.7. The lowest BCUT2D eigenvalue weighted by atomic mass is 10.0. The van der Waals surface area contributed by atoms with Gasteiger partial charge in [-0.1, -0.05) is 30.3 Å². The van der Waals surface area contributed by atoms with Crippen molar-refractivity contribution in [1.29, 1.82) is 0 Å². The highest BCUT2D eigenvalue weighted by Crippen LogP contribution is 2.28. The molecule has 3 nitrogen and oxygen atoms in total. The average Bonchev–Trinajstić information content (AvgIpc) is 2.49. The maximum absolute atomic E-state index is 14.0. The number of hydrogen-bond donors (Lipinski definition) is 2. The van der Waals surface area contributed by atoms with E-state index in [1.807, 2.05) is 30.3 Å². The summed E-state index contributed by atoms with van der Waals surface area (Å²) in [5.41, 5.74) is 3.22. The van der Waals surface area contributed by atoms with Crippen LogP contribution < -0.4 is 10.6 Å². The lowest BCUT2D eigenvalue weighted by Crippen LogP contribution is -2.19. The van der Waals surface area contributed by atoms with Gasteiger partial charge in [-0.05, 0) is 36.1 Å². The van der Waals surface area contributed by atoms with Crippen molar-refractivity contribution < 1.29 is 9.18 Å². The van der Waals surface area contributed by atoms with Crippen molar-refractivity contribution in [2.24, 2.45) is 0 Å². The molecule has 1 heterocycles. The number of carbonyl (C=O) groups is 1. The number of nitrogens with one attached hydrogen (secondary N) is 2. The summed E-state index contributed by atoms with van der Waals surface area (Å²) in [5.74, 6) is -0.276. The van der Waals surface area contributed by atoms with Crippen LogP contribution in [-0.4, -0.2) is 12.5 Å². The van der Waals surface area contributed by atoms with Crippen molar-refractivity contribution in [3.63, 3.8) is 0 Å². The van der Waals surface area contributed by atoms with E-state index < -0.39 is 0 Å². The summed E-state index contributed by atoms with van der Waals surface area (Å²) in [4.78, 5) is 11.4. The molecular weight excluding hydrogens is 267 g/mol. The molecule has 4 heteroatoms. The molecule has 1 aliphatic heterocycles. The molecule has 2 N–H and O–H groups in total. The Balaban J connectivity index is 1.68. The maximum atomic E-state index is 14.0. The highest BCUT2D eigenvalue weighted by Gasteiger charge is 2.17. The Labute approximate surface area is 123 Å². The average molecular weight is 284 g/mol. The molecule has 0 atom stereocenters. The molecule has 0 saturated heterocycles. The monoisotopic (exact) mass is 284 g/mol. The van der Waals surface area contributed by atoms with Crippen LogP contribution in [-0.2, 0) is 17.6 Å². The van der Waals surface area contributed by atoms with E-state index in [0.717, 1.165) is 17.7 Å². The molecule has 0 saturated carbocycles. The van der Waals surface area contributed by atoms with Crippen molar-refractivity contribution in [1.82, 2.24) is 0 Å². The van der Waals surface area contributed by atoms with Gasteiger partial charge in [-0.2, -0.15) is 0 Å². The van der Waals surface area contributed by atoms with Gasteiger partial charge in [0.1, 0.15) is 5.82 Å². The Kier molecular flexibility index (Phi) is 3.86. The Bertz CT molecular complexity index is 655. The second-order valence-corrected chi connectivity index (χ2v) is 5.20. The van der Waals surface area contributed by atoms with Crippen LogP contribution >= 0.6 is 0 Å². The third kappa shape index (κ3) is 3.21. The fourth-order valence-corrected chi connectivity index (χ4v) is 2.52. The number of amides is 1. The summed E-state index contributed by atoms with van der Waals surface area (Å²) in [7, 11) is 0. The normalized spacial score (nSPS) is 13.5. The first-order valence-corrected chi connectivity index (χ1v) is 7.12.